The Morgan fingerprint density at radius 2 is 1.56 bits per heavy atom. The Morgan fingerprint density at radius 1 is 0.926 bits per heavy atom. The summed E-state index contributed by atoms with van der Waals surface area (Å²) in [5, 5.41) is 7.25. The molecular weight excluding hydrogens is 365 g/mol. The summed E-state index contributed by atoms with van der Waals surface area (Å²) >= 11 is 0. The van der Waals surface area contributed by atoms with Crippen molar-refractivity contribution in [2.45, 2.75) is 24.9 Å². The minimum absolute atomic E-state index is 0. The molecule has 0 unspecified atom stereocenters. The van der Waals surface area contributed by atoms with Crippen LogP contribution in [0, 0.1) is 5.82 Å². The summed E-state index contributed by atoms with van der Waals surface area (Å²) in [6, 6.07) is 14.3. The van der Waals surface area contributed by atoms with Gasteiger partial charge in [0.2, 0.25) is 0 Å². The van der Waals surface area contributed by atoms with Crippen LogP contribution >= 0.6 is 12.4 Å². The van der Waals surface area contributed by atoms with Crippen molar-refractivity contribution in [1.82, 2.24) is 15.5 Å². The van der Waals surface area contributed by atoms with Crippen molar-refractivity contribution in [2.75, 3.05) is 32.7 Å². The molecule has 27 heavy (non-hydrogen) atoms. The van der Waals surface area contributed by atoms with Gasteiger partial charge in [0.05, 0.1) is 0 Å². The average molecular weight is 392 g/mol. The Labute approximate surface area is 166 Å². The zero-order valence-electron chi connectivity index (χ0n) is 15.4. The Balaban J connectivity index is 0.00000210. The van der Waals surface area contributed by atoms with E-state index < -0.39 is 0 Å². The van der Waals surface area contributed by atoms with Gasteiger partial charge in [0.1, 0.15) is 17.3 Å². The molecule has 0 amide bonds. The second kappa shape index (κ2) is 9.02. The molecule has 6 heteroatoms. The second-order valence-corrected chi connectivity index (χ2v) is 7.36. The van der Waals surface area contributed by atoms with Crippen molar-refractivity contribution in [3.63, 3.8) is 0 Å². The highest BCUT2D eigenvalue weighted by molar-refractivity contribution is 5.85. The van der Waals surface area contributed by atoms with Crippen molar-refractivity contribution >= 4 is 12.4 Å². The number of piperazine rings is 1. The van der Waals surface area contributed by atoms with Gasteiger partial charge >= 0.3 is 0 Å². The molecule has 0 bridgehead atoms. The van der Waals surface area contributed by atoms with E-state index in [-0.39, 0.29) is 18.2 Å². The quantitative estimate of drug-likeness (QED) is 0.835. The van der Waals surface area contributed by atoms with E-state index >= 15 is 0 Å². The minimum atomic E-state index is -0.254. The van der Waals surface area contributed by atoms with Crippen LogP contribution in [0.15, 0.2) is 48.5 Å². The molecule has 2 fully saturated rings. The molecule has 2 aliphatic heterocycles. The number of nitrogens with one attached hydrogen (secondary N) is 2. The highest BCUT2D eigenvalue weighted by Gasteiger charge is 2.35. The smallest absolute Gasteiger partial charge is 0.127 e. The van der Waals surface area contributed by atoms with Crippen molar-refractivity contribution < 1.29 is 9.13 Å². The lowest BCUT2D eigenvalue weighted by atomic mass is 9.86. The van der Waals surface area contributed by atoms with Crippen LogP contribution in [0.25, 0.3) is 0 Å². The number of piperidine rings is 1. The van der Waals surface area contributed by atoms with Crippen LogP contribution in [0.5, 0.6) is 11.5 Å². The summed E-state index contributed by atoms with van der Waals surface area (Å²) in [5.41, 5.74) is 1.60. The SMILES string of the molecule is Cl.Fc1ccc(Oc2ccc(CN3CCC4(CC3)CNCCN4)cc2)cc1. The maximum atomic E-state index is 13.0. The van der Waals surface area contributed by atoms with Gasteiger partial charge in [-0.15, -0.1) is 12.4 Å². The van der Waals surface area contributed by atoms with Crippen molar-refractivity contribution in [2.24, 2.45) is 0 Å². The highest BCUT2D eigenvalue weighted by atomic mass is 35.5. The maximum absolute atomic E-state index is 13.0. The molecule has 2 aromatic carbocycles. The molecule has 0 atom stereocenters. The van der Waals surface area contributed by atoms with Crippen LogP contribution in [0.3, 0.4) is 0 Å². The molecule has 2 heterocycles. The van der Waals surface area contributed by atoms with E-state index in [0.29, 0.717) is 11.3 Å². The minimum Gasteiger partial charge on any atom is -0.457 e. The first-order valence-electron chi connectivity index (χ1n) is 9.41. The molecule has 4 rings (SSSR count). The normalized spacial score (nSPS) is 19.4. The zero-order valence-corrected chi connectivity index (χ0v) is 16.2. The van der Waals surface area contributed by atoms with Gasteiger partial charge in [-0.2, -0.15) is 0 Å². The third kappa shape index (κ3) is 5.20. The molecule has 0 aromatic heterocycles. The van der Waals surface area contributed by atoms with Gasteiger partial charge in [-0.25, -0.2) is 4.39 Å². The van der Waals surface area contributed by atoms with Gasteiger partial charge in [0.15, 0.2) is 0 Å². The molecule has 2 aliphatic rings. The van der Waals surface area contributed by atoms with Crippen molar-refractivity contribution in [1.29, 1.82) is 0 Å². The lowest BCUT2D eigenvalue weighted by molar-refractivity contribution is 0.116. The molecule has 2 saturated heterocycles. The number of likely N-dealkylation sites (tertiary alicyclic amines) is 1. The first kappa shape index (κ1) is 20.1. The summed E-state index contributed by atoms with van der Waals surface area (Å²) in [7, 11) is 0. The standard InChI is InChI=1S/C21H26FN3O.ClH/c22-18-3-7-20(8-4-18)26-19-5-1-17(2-6-19)15-25-13-9-21(10-14-25)16-23-11-12-24-21;/h1-8,23-24H,9-16H2;1H. The lowest BCUT2D eigenvalue weighted by Crippen LogP contribution is -2.63. The van der Waals surface area contributed by atoms with E-state index in [9.17, 15) is 4.39 Å². The van der Waals surface area contributed by atoms with Crippen molar-refractivity contribution in [3.8, 4) is 11.5 Å². The fourth-order valence-corrected chi connectivity index (χ4v) is 3.86. The third-order valence-electron chi connectivity index (χ3n) is 5.46. The number of benzene rings is 2. The Morgan fingerprint density at radius 3 is 2.15 bits per heavy atom. The van der Waals surface area contributed by atoms with E-state index in [1.54, 1.807) is 12.1 Å². The molecule has 1 spiro atoms. The summed E-state index contributed by atoms with van der Waals surface area (Å²) in [4.78, 5) is 2.53. The number of hydrogen-bond donors (Lipinski definition) is 2. The van der Waals surface area contributed by atoms with Gasteiger partial charge in [-0.05, 0) is 54.8 Å². The van der Waals surface area contributed by atoms with E-state index in [1.807, 2.05) is 12.1 Å². The highest BCUT2D eigenvalue weighted by Crippen LogP contribution is 2.25. The van der Waals surface area contributed by atoms with Gasteiger partial charge in [-0.3, -0.25) is 4.90 Å². The largest absolute Gasteiger partial charge is 0.457 e. The first-order valence-corrected chi connectivity index (χ1v) is 9.41. The van der Waals surface area contributed by atoms with Crippen LogP contribution in [-0.2, 0) is 6.54 Å². The molecule has 4 nitrogen and oxygen atoms in total. The fourth-order valence-electron chi connectivity index (χ4n) is 3.86. The number of nitrogens with zero attached hydrogens (tertiary/aromatic N) is 1. The number of hydrogen-bond acceptors (Lipinski definition) is 4. The Bertz CT molecular complexity index is 707. The Kier molecular flexibility index (Phi) is 6.71. The zero-order chi connectivity index (χ0) is 17.8. The molecule has 0 aliphatic carbocycles. The van der Waals surface area contributed by atoms with Gasteiger partial charge in [0.25, 0.3) is 0 Å². The van der Waals surface area contributed by atoms with Crippen molar-refractivity contribution in [3.05, 3.63) is 59.9 Å². The van der Waals surface area contributed by atoms with Gasteiger partial charge in [0, 0.05) is 44.8 Å². The molecule has 2 N–H and O–H groups in total. The van der Waals surface area contributed by atoms with E-state index in [1.165, 1.54) is 30.5 Å². The average Bonchev–Trinajstić information content (AvgIpc) is 2.68. The topological polar surface area (TPSA) is 36.5 Å². The molecule has 0 radical (unpaired) electrons. The number of ether oxygens (including phenoxy) is 1. The summed E-state index contributed by atoms with van der Waals surface area (Å²) in [6.45, 7) is 6.48. The fraction of sp³-hybridized carbons (Fsp3) is 0.429. The van der Waals surface area contributed by atoms with Crippen LogP contribution in [0.1, 0.15) is 18.4 Å². The summed E-state index contributed by atoms with van der Waals surface area (Å²) in [6.07, 6.45) is 2.40. The predicted molar refractivity (Wildman–Crippen MR) is 108 cm³/mol. The summed E-state index contributed by atoms with van der Waals surface area (Å²) < 4.78 is 18.7. The van der Waals surface area contributed by atoms with Gasteiger partial charge < -0.3 is 15.4 Å². The molecular formula is C21H27ClFN3O. The molecule has 2 aromatic rings. The number of rotatable bonds is 4. The maximum Gasteiger partial charge on any atom is 0.127 e. The Hall–Kier alpha value is -1.66. The van der Waals surface area contributed by atoms with Crippen LogP contribution in [0.4, 0.5) is 4.39 Å². The van der Waals surface area contributed by atoms with E-state index in [2.05, 4.69) is 27.7 Å². The van der Waals surface area contributed by atoms with Crippen LogP contribution in [0.2, 0.25) is 0 Å². The van der Waals surface area contributed by atoms with Crippen LogP contribution in [-0.4, -0.2) is 43.2 Å². The number of halogens is 2. The summed E-state index contributed by atoms with van der Waals surface area (Å²) in [5.74, 6) is 1.17. The predicted octanol–water partition coefficient (Wildman–Crippen LogP) is 3.57. The van der Waals surface area contributed by atoms with Gasteiger partial charge in [-0.1, -0.05) is 12.1 Å². The monoisotopic (exact) mass is 391 g/mol. The second-order valence-electron chi connectivity index (χ2n) is 7.36. The third-order valence-corrected chi connectivity index (χ3v) is 5.46. The lowest BCUT2D eigenvalue weighted by Gasteiger charge is -2.45. The molecule has 0 saturated carbocycles. The van der Waals surface area contributed by atoms with E-state index in [4.69, 9.17) is 4.74 Å². The first-order chi connectivity index (χ1) is 12.7. The molecule has 146 valence electrons. The van der Waals surface area contributed by atoms with Crippen LogP contribution < -0.4 is 15.4 Å². The van der Waals surface area contributed by atoms with E-state index in [0.717, 1.165) is 45.0 Å².